The summed E-state index contributed by atoms with van der Waals surface area (Å²) in [5.74, 6) is 0.748. The van der Waals surface area contributed by atoms with Gasteiger partial charge in [0.1, 0.15) is 0 Å². The van der Waals surface area contributed by atoms with Crippen molar-refractivity contribution in [3.8, 4) is 11.3 Å². The molecule has 0 N–H and O–H groups in total. The molecule has 1 aliphatic rings. The van der Waals surface area contributed by atoms with Crippen LogP contribution in [0.5, 0.6) is 0 Å². The fraction of sp³-hybridized carbons (Fsp3) is 0.375. The molecule has 5 heteroatoms. The minimum Gasteiger partial charge on any atom is -0.342 e. The molecule has 0 atom stereocenters. The highest BCUT2D eigenvalue weighted by atomic mass is 32.2. The lowest BCUT2D eigenvalue weighted by molar-refractivity contribution is -0.129. The van der Waals surface area contributed by atoms with Gasteiger partial charge in [0.2, 0.25) is 5.91 Å². The van der Waals surface area contributed by atoms with E-state index >= 15 is 0 Å². The molecular formula is C16H18N2OS2. The van der Waals surface area contributed by atoms with Crippen LogP contribution in [-0.2, 0) is 4.79 Å². The average Bonchev–Trinajstić information content (AvgIpc) is 3.03. The number of thioether (sulfide) groups is 1. The normalized spacial score (nSPS) is 15.1. The number of benzene rings is 1. The molecule has 3 rings (SSSR count). The van der Waals surface area contributed by atoms with Crippen LogP contribution in [0.3, 0.4) is 0 Å². The molecule has 1 aromatic carbocycles. The van der Waals surface area contributed by atoms with Crippen LogP contribution >= 0.6 is 23.1 Å². The highest BCUT2D eigenvalue weighted by Gasteiger charge is 2.17. The smallest absolute Gasteiger partial charge is 0.233 e. The third kappa shape index (κ3) is 3.86. The van der Waals surface area contributed by atoms with Crippen LogP contribution in [0, 0.1) is 0 Å². The van der Waals surface area contributed by atoms with Gasteiger partial charge in [0, 0.05) is 24.0 Å². The van der Waals surface area contributed by atoms with Crippen molar-refractivity contribution in [3.63, 3.8) is 0 Å². The maximum atomic E-state index is 12.1. The molecule has 2 heterocycles. The Labute approximate surface area is 133 Å². The highest BCUT2D eigenvalue weighted by Crippen LogP contribution is 2.28. The Balaban J connectivity index is 1.56. The summed E-state index contributed by atoms with van der Waals surface area (Å²) in [6.45, 7) is 1.85. The van der Waals surface area contributed by atoms with E-state index in [1.54, 1.807) is 23.1 Å². The lowest BCUT2D eigenvalue weighted by Gasteiger charge is -2.26. The van der Waals surface area contributed by atoms with Crippen LogP contribution in [0.25, 0.3) is 11.3 Å². The topological polar surface area (TPSA) is 33.2 Å². The van der Waals surface area contributed by atoms with Crippen molar-refractivity contribution in [1.82, 2.24) is 9.88 Å². The van der Waals surface area contributed by atoms with E-state index in [1.165, 1.54) is 6.42 Å². The number of aromatic nitrogens is 1. The first-order valence-corrected chi connectivity index (χ1v) is 9.11. The minimum atomic E-state index is 0.246. The second-order valence-electron chi connectivity index (χ2n) is 5.09. The van der Waals surface area contributed by atoms with Gasteiger partial charge in [-0.1, -0.05) is 42.1 Å². The lowest BCUT2D eigenvalue weighted by atomic mass is 10.1. The zero-order chi connectivity index (χ0) is 14.5. The molecule has 1 aliphatic heterocycles. The summed E-state index contributed by atoms with van der Waals surface area (Å²) in [7, 11) is 0. The summed E-state index contributed by atoms with van der Waals surface area (Å²) in [6.07, 6.45) is 3.54. The molecule has 0 bridgehead atoms. The second-order valence-corrected chi connectivity index (χ2v) is 7.18. The number of rotatable bonds is 4. The molecule has 1 saturated heterocycles. The largest absolute Gasteiger partial charge is 0.342 e. The molecule has 2 aromatic rings. The Hall–Kier alpha value is -1.33. The van der Waals surface area contributed by atoms with Gasteiger partial charge in [-0.2, -0.15) is 0 Å². The van der Waals surface area contributed by atoms with Crippen molar-refractivity contribution < 1.29 is 4.79 Å². The summed E-state index contributed by atoms with van der Waals surface area (Å²) in [4.78, 5) is 18.7. The SMILES string of the molecule is O=C(CSc1nc(-c2ccccc2)cs1)N1CCCCC1. The number of nitrogens with zero attached hydrogens (tertiary/aromatic N) is 2. The summed E-state index contributed by atoms with van der Waals surface area (Å²) >= 11 is 3.17. The van der Waals surface area contributed by atoms with E-state index in [9.17, 15) is 4.79 Å². The number of hydrogen-bond donors (Lipinski definition) is 0. The first kappa shape index (κ1) is 14.6. The zero-order valence-electron chi connectivity index (χ0n) is 11.8. The molecular weight excluding hydrogens is 300 g/mol. The molecule has 0 aliphatic carbocycles. The molecule has 0 spiro atoms. The Bertz CT molecular complexity index is 591. The number of hydrogen-bond acceptors (Lipinski definition) is 4. The summed E-state index contributed by atoms with van der Waals surface area (Å²) in [5, 5.41) is 2.06. The van der Waals surface area contributed by atoms with Gasteiger partial charge in [-0.05, 0) is 19.3 Å². The third-order valence-corrected chi connectivity index (χ3v) is 5.59. The Morgan fingerprint density at radius 1 is 1.19 bits per heavy atom. The second kappa shape index (κ2) is 7.09. The predicted octanol–water partition coefficient (Wildman–Crippen LogP) is 3.91. The third-order valence-electron chi connectivity index (χ3n) is 3.58. The van der Waals surface area contributed by atoms with E-state index in [-0.39, 0.29) is 5.91 Å². The van der Waals surface area contributed by atoms with Crippen LogP contribution in [0.15, 0.2) is 40.1 Å². The molecule has 3 nitrogen and oxygen atoms in total. The Morgan fingerprint density at radius 3 is 2.71 bits per heavy atom. The molecule has 110 valence electrons. The monoisotopic (exact) mass is 318 g/mol. The van der Waals surface area contributed by atoms with Gasteiger partial charge >= 0.3 is 0 Å². The number of likely N-dealkylation sites (tertiary alicyclic amines) is 1. The van der Waals surface area contributed by atoms with E-state index in [0.29, 0.717) is 5.75 Å². The van der Waals surface area contributed by atoms with Gasteiger partial charge in [-0.15, -0.1) is 11.3 Å². The van der Waals surface area contributed by atoms with Crippen molar-refractivity contribution in [2.45, 2.75) is 23.6 Å². The Morgan fingerprint density at radius 2 is 1.95 bits per heavy atom. The summed E-state index contributed by atoms with van der Waals surface area (Å²) < 4.78 is 0.971. The molecule has 0 unspecified atom stereocenters. The number of piperidine rings is 1. The van der Waals surface area contributed by atoms with Crippen LogP contribution < -0.4 is 0 Å². The number of carbonyl (C=O) groups is 1. The molecule has 0 radical (unpaired) electrons. The van der Waals surface area contributed by atoms with Gasteiger partial charge < -0.3 is 4.90 Å². The van der Waals surface area contributed by atoms with Gasteiger partial charge in [0.05, 0.1) is 11.4 Å². The van der Waals surface area contributed by atoms with E-state index < -0.39 is 0 Å². The molecule has 21 heavy (non-hydrogen) atoms. The van der Waals surface area contributed by atoms with Crippen LogP contribution in [0.1, 0.15) is 19.3 Å². The molecule has 1 amide bonds. The molecule has 1 fully saturated rings. The first-order chi connectivity index (χ1) is 10.3. The minimum absolute atomic E-state index is 0.246. The van der Waals surface area contributed by atoms with Gasteiger partial charge in [0.15, 0.2) is 4.34 Å². The maximum absolute atomic E-state index is 12.1. The molecule has 0 saturated carbocycles. The van der Waals surface area contributed by atoms with Crippen LogP contribution in [0.4, 0.5) is 0 Å². The summed E-state index contributed by atoms with van der Waals surface area (Å²) in [5.41, 5.74) is 2.12. The van der Waals surface area contributed by atoms with Crippen molar-refractivity contribution in [2.24, 2.45) is 0 Å². The van der Waals surface area contributed by atoms with E-state index in [1.807, 2.05) is 23.1 Å². The van der Waals surface area contributed by atoms with Crippen molar-refractivity contribution in [1.29, 1.82) is 0 Å². The molecule has 1 aromatic heterocycles. The fourth-order valence-electron chi connectivity index (χ4n) is 2.42. The van der Waals surface area contributed by atoms with E-state index in [2.05, 4.69) is 22.5 Å². The number of carbonyl (C=O) groups excluding carboxylic acids is 1. The number of amides is 1. The van der Waals surface area contributed by atoms with Crippen molar-refractivity contribution >= 4 is 29.0 Å². The van der Waals surface area contributed by atoms with E-state index in [0.717, 1.165) is 41.5 Å². The average molecular weight is 318 g/mol. The van der Waals surface area contributed by atoms with Crippen LogP contribution in [-0.4, -0.2) is 34.6 Å². The maximum Gasteiger partial charge on any atom is 0.233 e. The van der Waals surface area contributed by atoms with Crippen LogP contribution in [0.2, 0.25) is 0 Å². The quantitative estimate of drug-likeness (QED) is 0.801. The van der Waals surface area contributed by atoms with Gasteiger partial charge in [-0.25, -0.2) is 4.98 Å². The first-order valence-electron chi connectivity index (χ1n) is 7.24. The summed E-state index contributed by atoms with van der Waals surface area (Å²) in [6, 6.07) is 10.1. The van der Waals surface area contributed by atoms with Gasteiger partial charge in [0.25, 0.3) is 0 Å². The predicted molar refractivity (Wildman–Crippen MR) is 88.7 cm³/mol. The van der Waals surface area contributed by atoms with E-state index in [4.69, 9.17) is 0 Å². The fourth-order valence-corrected chi connectivity index (χ4v) is 4.16. The zero-order valence-corrected chi connectivity index (χ0v) is 13.5. The number of thiazole rings is 1. The van der Waals surface area contributed by atoms with Gasteiger partial charge in [-0.3, -0.25) is 4.79 Å². The lowest BCUT2D eigenvalue weighted by Crippen LogP contribution is -2.36. The van der Waals surface area contributed by atoms with Crippen molar-refractivity contribution in [2.75, 3.05) is 18.8 Å². The highest BCUT2D eigenvalue weighted by molar-refractivity contribution is 8.01. The standard InChI is InChI=1S/C16H18N2OS2/c19-15(18-9-5-2-6-10-18)12-21-16-17-14(11-20-16)13-7-3-1-4-8-13/h1,3-4,7-8,11H,2,5-6,9-10,12H2. The van der Waals surface area contributed by atoms with Crippen molar-refractivity contribution in [3.05, 3.63) is 35.7 Å². The Kier molecular flexibility index (Phi) is 4.93.